The van der Waals surface area contributed by atoms with Gasteiger partial charge in [0.1, 0.15) is 5.00 Å². The lowest BCUT2D eigenvalue weighted by Gasteiger charge is -2.04. The largest absolute Gasteiger partial charge is 0.478 e. The molecular formula is C14H14N2O3S. The van der Waals surface area contributed by atoms with Crippen LogP contribution < -0.4 is 5.32 Å². The summed E-state index contributed by atoms with van der Waals surface area (Å²) in [6.45, 7) is 3.58. The lowest BCUT2D eigenvalue weighted by Crippen LogP contribution is -2.15. The van der Waals surface area contributed by atoms with Crippen LogP contribution in [-0.4, -0.2) is 22.0 Å². The summed E-state index contributed by atoms with van der Waals surface area (Å²) in [7, 11) is 0. The number of rotatable bonds is 4. The first kappa shape index (κ1) is 14.2. The molecule has 0 unspecified atom stereocenters. The van der Waals surface area contributed by atoms with Gasteiger partial charge in [-0.1, -0.05) is 6.07 Å². The second-order valence-electron chi connectivity index (χ2n) is 4.38. The standard InChI is InChI=1S/C14H14N2O3S/c1-8-9(2)20-13(12(8)14(18)19)16-11(17)6-10-4-3-5-15-7-10/h3-5,7H,6H2,1-2H3,(H,16,17)(H,18,19). The van der Waals surface area contributed by atoms with Crippen LogP contribution in [0.4, 0.5) is 5.00 Å². The van der Waals surface area contributed by atoms with E-state index < -0.39 is 5.97 Å². The molecule has 0 radical (unpaired) electrons. The average Bonchev–Trinajstić information content (AvgIpc) is 2.65. The van der Waals surface area contributed by atoms with Crippen LogP contribution in [0.15, 0.2) is 24.5 Å². The van der Waals surface area contributed by atoms with E-state index in [1.54, 1.807) is 31.5 Å². The highest BCUT2D eigenvalue weighted by atomic mass is 32.1. The van der Waals surface area contributed by atoms with Gasteiger partial charge in [0.25, 0.3) is 0 Å². The molecule has 5 nitrogen and oxygen atoms in total. The zero-order chi connectivity index (χ0) is 14.7. The minimum atomic E-state index is -1.02. The second kappa shape index (κ2) is 5.83. The van der Waals surface area contributed by atoms with E-state index in [1.807, 2.05) is 6.92 Å². The van der Waals surface area contributed by atoms with E-state index in [0.29, 0.717) is 10.6 Å². The molecular weight excluding hydrogens is 276 g/mol. The normalized spacial score (nSPS) is 10.3. The number of nitrogens with zero attached hydrogens (tertiary/aromatic N) is 1. The Morgan fingerprint density at radius 2 is 2.15 bits per heavy atom. The van der Waals surface area contributed by atoms with Crippen molar-refractivity contribution in [2.45, 2.75) is 20.3 Å². The van der Waals surface area contributed by atoms with Gasteiger partial charge in [-0.2, -0.15) is 0 Å². The fraction of sp³-hybridized carbons (Fsp3) is 0.214. The van der Waals surface area contributed by atoms with E-state index in [4.69, 9.17) is 0 Å². The maximum Gasteiger partial charge on any atom is 0.338 e. The Kier molecular flexibility index (Phi) is 4.14. The minimum Gasteiger partial charge on any atom is -0.478 e. The molecule has 104 valence electrons. The molecule has 0 aliphatic rings. The first-order valence-corrected chi connectivity index (χ1v) is 6.82. The Hall–Kier alpha value is -2.21. The molecule has 1 amide bonds. The SMILES string of the molecule is Cc1sc(NC(=O)Cc2cccnc2)c(C(=O)O)c1C. The van der Waals surface area contributed by atoms with Gasteiger partial charge in [-0.15, -0.1) is 11.3 Å². The molecule has 2 rings (SSSR count). The lowest BCUT2D eigenvalue weighted by atomic mass is 10.1. The summed E-state index contributed by atoms with van der Waals surface area (Å²) in [5, 5.41) is 12.3. The maximum absolute atomic E-state index is 12.0. The number of carboxylic acids is 1. The van der Waals surface area contributed by atoms with Crippen molar-refractivity contribution in [3.05, 3.63) is 46.1 Å². The number of amides is 1. The Morgan fingerprint density at radius 3 is 2.75 bits per heavy atom. The van der Waals surface area contributed by atoms with Gasteiger partial charge < -0.3 is 10.4 Å². The number of hydrogen-bond acceptors (Lipinski definition) is 4. The number of aryl methyl sites for hydroxylation is 1. The van der Waals surface area contributed by atoms with Gasteiger partial charge in [-0.3, -0.25) is 9.78 Å². The minimum absolute atomic E-state index is 0.170. The first-order valence-electron chi connectivity index (χ1n) is 6.01. The molecule has 2 N–H and O–H groups in total. The van der Waals surface area contributed by atoms with Crippen molar-refractivity contribution in [2.75, 3.05) is 5.32 Å². The van der Waals surface area contributed by atoms with Gasteiger partial charge in [0.15, 0.2) is 0 Å². The predicted molar refractivity (Wildman–Crippen MR) is 77.3 cm³/mol. The molecule has 0 aliphatic heterocycles. The van der Waals surface area contributed by atoms with Crippen molar-refractivity contribution in [3.63, 3.8) is 0 Å². The lowest BCUT2D eigenvalue weighted by molar-refractivity contribution is -0.115. The van der Waals surface area contributed by atoms with Gasteiger partial charge in [-0.05, 0) is 31.0 Å². The molecule has 0 fully saturated rings. The number of anilines is 1. The second-order valence-corrected chi connectivity index (χ2v) is 5.60. The molecule has 0 aromatic carbocycles. The van der Waals surface area contributed by atoms with E-state index in [-0.39, 0.29) is 17.9 Å². The third kappa shape index (κ3) is 3.03. The number of hydrogen-bond donors (Lipinski definition) is 2. The van der Waals surface area contributed by atoms with E-state index in [2.05, 4.69) is 10.3 Å². The Bertz CT molecular complexity index is 650. The summed E-state index contributed by atoms with van der Waals surface area (Å²) < 4.78 is 0. The number of pyridine rings is 1. The van der Waals surface area contributed by atoms with Gasteiger partial charge in [-0.25, -0.2) is 4.79 Å². The van der Waals surface area contributed by atoms with Crippen LogP contribution in [0, 0.1) is 13.8 Å². The van der Waals surface area contributed by atoms with Crippen molar-refractivity contribution in [1.29, 1.82) is 0 Å². The molecule has 2 heterocycles. The molecule has 0 aliphatic carbocycles. The number of carbonyl (C=O) groups excluding carboxylic acids is 1. The molecule has 20 heavy (non-hydrogen) atoms. The number of aromatic nitrogens is 1. The van der Waals surface area contributed by atoms with Crippen molar-refractivity contribution in [2.24, 2.45) is 0 Å². The molecule has 2 aromatic heterocycles. The maximum atomic E-state index is 12.0. The van der Waals surface area contributed by atoms with Crippen LogP contribution in [0.3, 0.4) is 0 Å². The molecule has 0 saturated carbocycles. The van der Waals surface area contributed by atoms with Crippen LogP contribution in [0.2, 0.25) is 0 Å². The van der Waals surface area contributed by atoms with Crippen molar-refractivity contribution in [3.8, 4) is 0 Å². The molecule has 0 saturated heterocycles. The van der Waals surface area contributed by atoms with Crippen LogP contribution >= 0.6 is 11.3 Å². The summed E-state index contributed by atoms with van der Waals surface area (Å²) in [5.74, 6) is -1.27. The predicted octanol–water partition coefficient (Wildman–Crippen LogP) is 2.64. The summed E-state index contributed by atoms with van der Waals surface area (Å²) in [4.78, 5) is 28.0. The summed E-state index contributed by atoms with van der Waals surface area (Å²) in [6, 6.07) is 3.56. The van der Waals surface area contributed by atoms with E-state index in [9.17, 15) is 14.7 Å². The fourth-order valence-electron chi connectivity index (χ4n) is 1.83. The highest BCUT2D eigenvalue weighted by Gasteiger charge is 2.20. The summed E-state index contributed by atoms with van der Waals surface area (Å²) in [6.07, 6.45) is 3.42. The monoisotopic (exact) mass is 290 g/mol. The molecule has 6 heteroatoms. The van der Waals surface area contributed by atoms with E-state index in [0.717, 1.165) is 10.4 Å². The summed E-state index contributed by atoms with van der Waals surface area (Å²) in [5.41, 5.74) is 1.65. The van der Waals surface area contributed by atoms with Gasteiger partial charge in [0.05, 0.1) is 12.0 Å². The third-order valence-corrected chi connectivity index (χ3v) is 4.06. The van der Waals surface area contributed by atoms with Gasteiger partial charge >= 0.3 is 5.97 Å². The van der Waals surface area contributed by atoms with Crippen molar-refractivity contribution in [1.82, 2.24) is 4.98 Å². The Morgan fingerprint density at radius 1 is 1.40 bits per heavy atom. The van der Waals surface area contributed by atoms with E-state index in [1.165, 1.54) is 11.3 Å². The van der Waals surface area contributed by atoms with Crippen molar-refractivity contribution < 1.29 is 14.7 Å². The van der Waals surface area contributed by atoms with Crippen LogP contribution in [-0.2, 0) is 11.2 Å². The topological polar surface area (TPSA) is 79.3 Å². The van der Waals surface area contributed by atoms with Gasteiger partial charge in [0.2, 0.25) is 5.91 Å². The number of thiophene rings is 1. The van der Waals surface area contributed by atoms with Crippen LogP contribution in [0.25, 0.3) is 0 Å². The van der Waals surface area contributed by atoms with Gasteiger partial charge in [0, 0.05) is 17.3 Å². The zero-order valence-electron chi connectivity index (χ0n) is 11.1. The highest BCUT2D eigenvalue weighted by Crippen LogP contribution is 2.32. The third-order valence-electron chi connectivity index (χ3n) is 2.94. The Balaban J connectivity index is 2.16. The highest BCUT2D eigenvalue weighted by molar-refractivity contribution is 7.16. The number of carbonyl (C=O) groups is 2. The molecule has 0 atom stereocenters. The average molecular weight is 290 g/mol. The van der Waals surface area contributed by atoms with E-state index >= 15 is 0 Å². The smallest absolute Gasteiger partial charge is 0.338 e. The Labute approximate surface area is 120 Å². The molecule has 0 spiro atoms. The number of aromatic carboxylic acids is 1. The molecule has 0 bridgehead atoms. The molecule has 2 aromatic rings. The van der Waals surface area contributed by atoms with Crippen LogP contribution in [0.1, 0.15) is 26.4 Å². The number of carboxylic acid groups (broad SMARTS) is 1. The number of nitrogens with one attached hydrogen (secondary N) is 1. The summed E-state index contributed by atoms with van der Waals surface area (Å²) >= 11 is 1.28. The zero-order valence-corrected chi connectivity index (χ0v) is 12.0. The first-order chi connectivity index (χ1) is 9.49. The van der Waals surface area contributed by atoms with Crippen molar-refractivity contribution >= 4 is 28.2 Å². The quantitative estimate of drug-likeness (QED) is 0.907. The fourth-order valence-corrected chi connectivity index (χ4v) is 2.90. The van der Waals surface area contributed by atoms with Crippen LogP contribution in [0.5, 0.6) is 0 Å².